The topological polar surface area (TPSA) is 66.5 Å². The molecule has 1 aliphatic rings. The minimum atomic E-state index is -0.820. The molecule has 0 radical (unpaired) electrons. The van der Waals surface area contributed by atoms with Gasteiger partial charge in [-0.2, -0.15) is 0 Å². The van der Waals surface area contributed by atoms with Crippen LogP contribution in [-0.2, 0) is 9.59 Å². The van der Waals surface area contributed by atoms with Gasteiger partial charge in [-0.1, -0.05) is 31.5 Å². The van der Waals surface area contributed by atoms with Gasteiger partial charge in [0.1, 0.15) is 5.92 Å². The van der Waals surface area contributed by atoms with Crippen LogP contribution in [0.15, 0.2) is 24.3 Å². The van der Waals surface area contributed by atoms with E-state index in [1.807, 2.05) is 19.1 Å². The van der Waals surface area contributed by atoms with Crippen LogP contribution in [0.2, 0.25) is 0 Å². The maximum Gasteiger partial charge on any atom is 0.335 e. The summed E-state index contributed by atoms with van der Waals surface area (Å²) in [6, 6.07) is 6.34. The van der Waals surface area contributed by atoms with Crippen molar-refractivity contribution in [3.8, 4) is 0 Å². The van der Waals surface area contributed by atoms with Crippen LogP contribution < -0.4 is 10.2 Å². The fourth-order valence-electron chi connectivity index (χ4n) is 2.12. The average molecular weight is 260 g/mol. The van der Waals surface area contributed by atoms with E-state index < -0.39 is 23.8 Å². The van der Waals surface area contributed by atoms with Crippen LogP contribution in [0.1, 0.15) is 19.4 Å². The third kappa shape index (κ3) is 2.36. The van der Waals surface area contributed by atoms with Gasteiger partial charge in [-0.15, -0.1) is 0 Å². The molecule has 0 aliphatic carbocycles. The maximum atomic E-state index is 12.3. The minimum absolute atomic E-state index is 0.159. The highest BCUT2D eigenvalue weighted by atomic mass is 16.2. The second-order valence-corrected chi connectivity index (χ2v) is 5.03. The fourth-order valence-corrected chi connectivity index (χ4v) is 2.12. The number of carbonyl (C=O) groups excluding carboxylic acids is 3. The number of hydrogen-bond donors (Lipinski definition) is 1. The number of nitrogens with zero attached hydrogens (tertiary/aromatic N) is 1. The molecule has 1 unspecified atom stereocenters. The van der Waals surface area contributed by atoms with Crippen LogP contribution in [0.3, 0.4) is 0 Å². The predicted octanol–water partition coefficient (Wildman–Crippen LogP) is 1.85. The summed E-state index contributed by atoms with van der Waals surface area (Å²) in [5, 5.41) is 2.23. The third-order valence-corrected chi connectivity index (χ3v) is 3.16. The Balaban J connectivity index is 2.38. The van der Waals surface area contributed by atoms with Gasteiger partial charge in [-0.3, -0.25) is 14.9 Å². The van der Waals surface area contributed by atoms with Gasteiger partial charge in [0.05, 0.1) is 5.69 Å². The number of barbiturate groups is 1. The zero-order valence-corrected chi connectivity index (χ0v) is 11.1. The highest BCUT2D eigenvalue weighted by Crippen LogP contribution is 2.24. The molecule has 4 amide bonds. The second-order valence-electron chi connectivity index (χ2n) is 5.03. The number of urea groups is 1. The molecule has 1 fully saturated rings. The van der Waals surface area contributed by atoms with Crippen LogP contribution in [0.5, 0.6) is 0 Å². The van der Waals surface area contributed by atoms with E-state index in [1.165, 1.54) is 0 Å². The van der Waals surface area contributed by atoms with Crippen LogP contribution in [0, 0.1) is 18.8 Å². The molecule has 0 bridgehead atoms. The van der Waals surface area contributed by atoms with E-state index in [2.05, 4.69) is 5.32 Å². The van der Waals surface area contributed by atoms with Gasteiger partial charge >= 0.3 is 6.03 Å². The van der Waals surface area contributed by atoms with Gasteiger partial charge in [0.2, 0.25) is 11.8 Å². The molecule has 2 rings (SSSR count). The molecule has 5 nitrogen and oxygen atoms in total. The molecule has 5 heteroatoms. The molecule has 1 aliphatic heterocycles. The standard InChI is InChI=1S/C14H16N2O3/c1-8(2)11-12(17)15-14(19)16(13(11)18)10-6-4-9(3)5-7-10/h4-8,11H,1-3H3,(H,15,17,19). The predicted molar refractivity (Wildman–Crippen MR) is 70.5 cm³/mol. The largest absolute Gasteiger partial charge is 0.335 e. The Bertz CT molecular complexity index is 534. The first-order valence-electron chi connectivity index (χ1n) is 6.17. The number of benzene rings is 1. The molecular formula is C14H16N2O3. The number of aryl methyl sites for hydroxylation is 1. The highest BCUT2D eigenvalue weighted by Gasteiger charge is 2.42. The van der Waals surface area contributed by atoms with Crippen molar-refractivity contribution in [2.24, 2.45) is 11.8 Å². The van der Waals surface area contributed by atoms with E-state index in [0.717, 1.165) is 10.5 Å². The number of anilines is 1. The van der Waals surface area contributed by atoms with Crippen molar-refractivity contribution < 1.29 is 14.4 Å². The molecule has 19 heavy (non-hydrogen) atoms. The quantitative estimate of drug-likeness (QED) is 0.825. The SMILES string of the molecule is Cc1ccc(N2C(=O)NC(=O)C(C(C)C)C2=O)cc1. The molecule has 100 valence electrons. The number of hydrogen-bond acceptors (Lipinski definition) is 3. The molecular weight excluding hydrogens is 244 g/mol. The summed E-state index contributed by atoms with van der Waals surface area (Å²) in [5.74, 6) is -1.96. The van der Waals surface area contributed by atoms with Crippen LogP contribution in [0.4, 0.5) is 10.5 Å². The molecule has 1 aromatic carbocycles. The number of amides is 4. The van der Waals surface area contributed by atoms with Crippen LogP contribution in [0.25, 0.3) is 0 Å². The lowest BCUT2D eigenvalue weighted by Crippen LogP contribution is -2.59. The van der Waals surface area contributed by atoms with Gasteiger partial charge in [0.15, 0.2) is 0 Å². The number of rotatable bonds is 2. The van der Waals surface area contributed by atoms with Crippen molar-refractivity contribution in [2.45, 2.75) is 20.8 Å². The molecule has 1 atom stereocenters. The van der Waals surface area contributed by atoms with Gasteiger partial charge < -0.3 is 0 Å². The first kappa shape index (κ1) is 13.3. The van der Waals surface area contributed by atoms with Crippen molar-refractivity contribution in [2.75, 3.05) is 4.90 Å². The monoisotopic (exact) mass is 260 g/mol. The minimum Gasteiger partial charge on any atom is -0.277 e. The Morgan fingerprint density at radius 2 is 1.68 bits per heavy atom. The Hall–Kier alpha value is -2.17. The Morgan fingerprint density at radius 1 is 1.11 bits per heavy atom. The van der Waals surface area contributed by atoms with Gasteiger partial charge in [-0.05, 0) is 25.0 Å². The molecule has 0 aromatic heterocycles. The van der Waals surface area contributed by atoms with E-state index in [-0.39, 0.29) is 5.92 Å². The van der Waals surface area contributed by atoms with Crippen LogP contribution in [-0.4, -0.2) is 17.8 Å². The van der Waals surface area contributed by atoms with Crippen molar-refractivity contribution >= 4 is 23.5 Å². The smallest absolute Gasteiger partial charge is 0.277 e. The lowest BCUT2D eigenvalue weighted by molar-refractivity contribution is -0.136. The third-order valence-electron chi connectivity index (χ3n) is 3.16. The van der Waals surface area contributed by atoms with E-state index in [1.54, 1.807) is 26.0 Å². The van der Waals surface area contributed by atoms with E-state index >= 15 is 0 Å². The lowest BCUT2D eigenvalue weighted by Gasteiger charge is -2.31. The summed E-state index contributed by atoms with van der Waals surface area (Å²) in [6.07, 6.45) is 0. The normalized spacial score (nSPS) is 19.9. The van der Waals surface area contributed by atoms with Crippen molar-refractivity contribution in [1.82, 2.24) is 5.32 Å². The Kier molecular flexibility index (Phi) is 3.38. The molecule has 0 saturated carbocycles. The summed E-state index contributed by atoms with van der Waals surface area (Å²) in [5.41, 5.74) is 1.51. The van der Waals surface area contributed by atoms with Gasteiger partial charge in [0.25, 0.3) is 0 Å². The van der Waals surface area contributed by atoms with Crippen molar-refractivity contribution in [3.05, 3.63) is 29.8 Å². The molecule has 1 N–H and O–H groups in total. The second kappa shape index (κ2) is 4.84. The summed E-state index contributed by atoms with van der Waals surface area (Å²) >= 11 is 0. The fraction of sp³-hybridized carbons (Fsp3) is 0.357. The van der Waals surface area contributed by atoms with Crippen molar-refractivity contribution in [1.29, 1.82) is 0 Å². The zero-order chi connectivity index (χ0) is 14.2. The summed E-state index contributed by atoms with van der Waals surface area (Å²) in [4.78, 5) is 36.9. The average Bonchev–Trinajstić information content (AvgIpc) is 2.30. The lowest BCUT2D eigenvalue weighted by atomic mass is 9.92. The molecule has 0 spiro atoms. The van der Waals surface area contributed by atoms with E-state index in [0.29, 0.717) is 5.69 Å². The molecule has 1 heterocycles. The number of nitrogens with one attached hydrogen (secondary N) is 1. The first-order valence-corrected chi connectivity index (χ1v) is 6.17. The highest BCUT2D eigenvalue weighted by molar-refractivity contribution is 6.27. The Labute approximate surface area is 111 Å². The van der Waals surface area contributed by atoms with Crippen molar-refractivity contribution in [3.63, 3.8) is 0 Å². The van der Waals surface area contributed by atoms with E-state index in [4.69, 9.17) is 0 Å². The van der Waals surface area contributed by atoms with Gasteiger partial charge in [-0.25, -0.2) is 9.69 Å². The number of carbonyl (C=O) groups is 3. The van der Waals surface area contributed by atoms with Crippen LogP contribution >= 0.6 is 0 Å². The summed E-state index contributed by atoms with van der Waals surface area (Å²) < 4.78 is 0. The maximum absolute atomic E-state index is 12.3. The summed E-state index contributed by atoms with van der Waals surface area (Å²) in [6.45, 7) is 5.48. The molecule has 1 aromatic rings. The number of imide groups is 2. The molecule has 1 saturated heterocycles. The summed E-state index contributed by atoms with van der Waals surface area (Å²) in [7, 11) is 0. The van der Waals surface area contributed by atoms with E-state index in [9.17, 15) is 14.4 Å². The Morgan fingerprint density at radius 3 is 2.21 bits per heavy atom. The van der Waals surface area contributed by atoms with Gasteiger partial charge in [0, 0.05) is 0 Å². The first-order chi connectivity index (χ1) is 8.91. The zero-order valence-electron chi connectivity index (χ0n) is 11.1.